The molecule has 25 heavy (non-hydrogen) atoms. The number of hydrogen-bond donors (Lipinski definition) is 0. The first-order valence-corrected chi connectivity index (χ1v) is 8.76. The monoisotopic (exact) mass is 416 g/mol. The molecular weight excluding hydrogens is 400 g/mol. The minimum atomic E-state index is -4.65. The van der Waals surface area contributed by atoms with E-state index in [9.17, 15) is 13.2 Å². The van der Waals surface area contributed by atoms with Crippen LogP contribution in [-0.2, 0) is 11.3 Å². The highest BCUT2D eigenvalue weighted by atomic mass is 35.5. The Kier molecular flexibility index (Phi) is 10.3. The van der Waals surface area contributed by atoms with E-state index in [0.717, 1.165) is 23.1 Å². The van der Waals surface area contributed by atoms with Crippen molar-refractivity contribution in [1.82, 2.24) is 4.90 Å². The molecule has 0 N–H and O–H groups in total. The van der Waals surface area contributed by atoms with E-state index in [1.165, 1.54) is 0 Å². The van der Waals surface area contributed by atoms with Gasteiger partial charge in [-0.25, -0.2) is 0 Å². The first-order chi connectivity index (χ1) is 11.9. The van der Waals surface area contributed by atoms with Crippen molar-refractivity contribution < 1.29 is 17.9 Å². The Labute approximate surface area is 160 Å². The van der Waals surface area contributed by atoms with E-state index in [-0.39, 0.29) is 13.3 Å². The standard InChI is InChI=1S/C16H18Cl3F3N2O/c17-7-1-2-10-25-12-24(9-8-18)15(16(20,21)22)23-11-13-3-5-14(19)6-4-13/h3-6,8-9H,1-2,7,10-12H2/b9-8+,23-15?. The molecule has 0 saturated heterocycles. The Morgan fingerprint density at radius 3 is 2.44 bits per heavy atom. The van der Waals surface area contributed by atoms with E-state index >= 15 is 0 Å². The van der Waals surface area contributed by atoms with Crippen molar-refractivity contribution in [2.75, 3.05) is 19.2 Å². The van der Waals surface area contributed by atoms with Crippen LogP contribution in [0.1, 0.15) is 18.4 Å². The van der Waals surface area contributed by atoms with Crippen LogP contribution in [-0.4, -0.2) is 36.1 Å². The molecule has 0 fully saturated rings. The maximum absolute atomic E-state index is 13.3. The van der Waals surface area contributed by atoms with E-state index in [4.69, 9.17) is 39.5 Å². The summed E-state index contributed by atoms with van der Waals surface area (Å²) in [6, 6.07) is 6.42. The zero-order chi connectivity index (χ0) is 18.7. The molecule has 1 aromatic carbocycles. The zero-order valence-electron chi connectivity index (χ0n) is 13.3. The molecular formula is C16H18Cl3F3N2O. The topological polar surface area (TPSA) is 24.8 Å². The van der Waals surface area contributed by atoms with Gasteiger partial charge in [0.05, 0.1) is 6.54 Å². The SMILES string of the molecule is FC(F)(F)C(=NCc1ccc(Cl)cc1)N(/C=C/Cl)COCCCCCl. The van der Waals surface area contributed by atoms with Gasteiger partial charge in [-0.3, -0.25) is 4.99 Å². The number of nitrogens with zero attached hydrogens (tertiary/aromatic N) is 2. The molecule has 0 aliphatic heterocycles. The molecule has 3 nitrogen and oxygen atoms in total. The maximum atomic E-state index is 13.3. The summed E-state index contributed by atoms with van der Waals surface area (Å²) in [5, 5.41) is 0.501. The Morgan fingerprint density at radius 2 is 1.88 bits per heavy atom. The predicted octanol–water partition coefficient (Wildman–Crippen LogP) is 5.81. The van der Waals surface area contributed by atoms with Crippen LogP contribution < -0.4 is 0 Å². The fraction of sp³-hybridized carbons (Fsp3) is 0.438. The largest absolute Gasteiger partial charge is 0.449 e. The minimum Gasteiger partial charge on any atom is -0.361 e. The van der Waals surface area contributed by atoms with Crippen LogP contribution in [0.5, 0.6) is 0 Å². The van der Waals surface area contributed by atoms with Gasteiger partial charge in [-0.15, -0.1) is 11.6 Å². The van der Waals surface area contributed by atoms with Crippen molar-refractivity contribution in [3.05, 3.63) is 46.6 Å². The lowest BCUT2D eigenvalue weighted by atomic mass is 10.2. The normalized spacial score (nSPS) is 12.8. The summed E-state index contributed by atoms with van der Waals surface area (Å²) in [7, 11) is 0. The third-order valence-corrected chi connectivity index (χ3v) is 3.62. The second kappa shape index (κ2) is 11.6. The van der Waals surface area contributed by atoms with Gasteiger partial charge in [0.2, 0.25) is 5.84 Å². The van der Waals surface area contributed by atoms with Gasteiger partial charge in [0.25, 0.3) is 0 Å². The molecule has 0 atom stereocenters. The molecule has 0 radical (unpaired) electrons. The van der Waals surface area contributed by atoms with Crippen molar-refractivity contribution in [2.45, 2.75) is 25.6 Å². The highest BCUT2D eigenvalue weighted by molar-refractivity contribution is 6.30. The van der Waals surface area contributed by atoms with Crippen LogP contribution in [0.4, 0.5) is 13.2 Å². The van der Waals surface area contributed by atoms with E-state index in [1.807, 2.05) is 0 Å². The summed E-state index contributed by atoms with van der Waals surface area (Å²) in [6.45, 7) is -0.170. The van der Waals surface area contributed by atoms with Crippen LogP contribution >= 0.6 is 34.8 Å². The summed E-state index contributed by atoms with van der Waals surface area (Å²) < 4.78 is 45.3. The Morgan fingerprint density at radius 1 is 1.20 bits per heavy atom. The first-order valence-electron chi connectivity index (χ1n) is 7.41. The van der Waals surface area contributed by atoms with Crippen molar-refractivity contribution in [2.24, 2.45) is 4.99 Å². The second-order valence-electron chi connectivity index (χ2n) is 4.94. The number of halogens is 6. The summed E-state index contributed by atoms with van der Waals surface area (Å²) in [4.78, 5) is 4.52. The number of hydrogen-bond acceptors (Lipinski definition) is 2. The van der Waals surface area contributed by atoms with Crippen LogP contribution in [0.2, 0.25) is 5.02 Å². The van der Waals surface area contributed by atoms with Crippen molar-refractivity contribution in [3.8, 4) is 0 Å². The minimum absolute atomic E-state index is 0.148. The third-order valence-electron chi connectivity index (χ3n) is 2.99. The van der Waals surface area contributed by atoms with Crippen LogP contribution in [0.3, 0.4) is 0 Å². The zero-order valence-corrected chi connectivity index (χ0v) is 15.5. The smallest absolute Gasteiger partial charge is 0.361 e. The average Bonchev–Trinajstić information content (AvgIpc) is 2.55. The quantitative estimate of drug-likeness (QED) is 0.167. The molecule has 0 amide bonds. The number of benzene rings is 1. The number of alkyl halides is 4. The lowest BCUT2D eigenvalue weighted by Crippen LogP contribution is -2.39. The molecule has 0 aromatic heterocycles. The number of amidine groups is 1. The molecule has 0 unspecified atom stereocenters. The van der Waals surface area contributed by atoms with Gasteiger partial charge in [-0.1, -0.05) is 35.3 Å². The van der Waals surface area contributed by atoms with E-state index in [2.05, 4.69) is 4.99 Å². The number of aliphatic imine (C=N–C) groups is 1. The average molecular weight is 418 g/mol. The fourth-order valence-electron chi connectivity index (χ4n) is 1.80. The summed E-state index contributed by atoms with van der Waals surface area (Å²) >= 11 is 16.8. The predicted molar refractivity (Wildman–Crippen MR) is 96.3 cm³/mol. The number of ether oxygens (including phenoxy) is 1. The van der Waals surface area contributed by atoms with Gasteiger partial charge in [0.1, 0.15) is 6.73 Å². The third kappa shape index (κ3) is 8.81. The molecule has 1 aromatic rings. The molecule has 140 valence electrons. The van der Waals surface area contributed by atoms with Crippen LogP contribution in [0, 0.1) is 0 Å². The van der Waals surface area contributed by atoms with E-state index in [1.54, 1.807) is 24.3 Å². The molecule has 0 saturated carbocycles. The summed E-state index contributed by atoms with van der Waals surface area (Å²) in [5.74, 6) is -0.609. The number of unbranched alkanes of at least 4 members (excludes halogenated alkanes) is 1. The molecule has 0 spiro atoms. The Hall–Kier alpha value is -0.950. The first kappa shape index (κ1) is 22.1. The molecule has 0 aliphatic carbocycles. The lowest BCUT2D eigenvalue weighted by molar-refractivity contribution is -0.0720. The summed E-state index contributed by atoms with van der Waals surface area (Å²) in [5.41, 5.74) is 1.58. The van der Waals surface area contributed by atoms with Gasteiger partial charge in [-0.05, 0) is 30.5 Å². The highest BCUT2D eigenvalue weighted by Gasteiger charge is 2.39. The molecule has 0 heterocycles. The lowest BCUT2D eigenvalue weighted by Gasteiger charge is -2.23. The van der Waals surface area contributed by atoms with Crippen LogP contribution in [0.25, 0.3) is 0 Å². The van der Waals surface area contributed by atoms with Gasteiger partial charge in [0.15, 0.2) is 0 Å². The van der Waals surface area contributed by atoms with Gasteiger partial charge >= 0.3 is 6.18 Å². The maximum Gasteiger partial charge on any atom is 0.449 e. The van der Waals surface area contributed by atoms with E-state index in [0.29, 0.717) is 29.5 Å². The Balaban J connectivity index is 2.84. The fourth-order valence-corrected chi connectivity index (χ4v) is 2.25. The second-order valence-corrected chi connectivity index (χ2v) is 6.01. The molecule has 9 heteroatoms. The molecule has 1 rings (SSSR count). The summed E-state index contributed by atoms with van der Waals surface area (Å²) in [6.07, 6.45) is -2.20. The molecule has 0 aliphatic rings. The number of rotatable bonds is 9. The van der Waals surface area contributed by atoms with Gasteiger partial charge in [0, 0.05) is 29.2 Å². The highest BCUT2D eigenvalue weighted by Crippen LogP contribution is 2.22. The van der Waals surface area contributed by atoms with Crippen LogP contribution in [0.15, 0.2) is 41.0 Å². The van der Waals surface area contributed by atoms with Crippen molar-refractivity contribution >= 4 is 40.6 Å². The van der Waals surface area contributed by atoms with Crippen molar-refractivity contribution in [3.63, 3.8) is 0 Å². The van der Waals surface area contributed by atoms with Crippen molar-refractivity contribution in [1.29, 1.82) is 0 Å². The Bertz CT molecular complexity index is 563. The van der Waals surface area contributed by atoms with Gasteiger partial charge in [-0.2, -0.15) is 13.2 Å². The molecule has 0 bridgehead atoms. The van der Waals surface area contributed by atoms with E-state index < -0.39 is 12.0 Å². The van der Waals surface area contributed by atoms with Gasteiger partial charge < -0.3 is 9.64 Å².